The predicted molar refractivity (Wildman–Crippen MR) is 132 cm³/mol. The van der Waals surface area contributed by atoms with E-state index in [0.717, 1.165) is 25.9 Å². The van der Waals surface area contributed by atoms with E-state index in [4.69, 9.17) is 27.8 Å². The van der Waals surface area contributed by atoms with Crippen LogP contribution < -0.4 is 21.5 Å². The SMILES string of the molecule is COc1ccc(C(CCN2CCCCC2)(CC(=O)O)NC(=O)c2nc(Cl)c(N)nc2N)cc1.Cl. The van der Waals surface area contributed by atoms with E-state index < -0.39 is 17.4 Å². The van der Waals surface area contributed by atoms with Gasteiger partial charge in [-0.05, 0) is 50.0 Å². The molecule has 0 aliphatic carbocycles. The van der Waals surface area contributed by atoms with Crippen LogP contribution in [0, 0.1) is 0 Å². The van der Waals surface area contributed by atoms with Gasteiger partial charge >= 0.3 is 5.97 Å². The van der Waals surface area contributed by atoms with E-state index in [0.29, 0.717) is 24.3 Å². The highest BCUT2D eigenvalue weighted by Gasteiger charge is 2.38. The van der Waals surface area contributed by atoms with Crippen molar-refractivity contribution in [3.63, 3.8) is 0 Å². The van der Waals surface area contributed by atoms with E-state index in [2.05, 4.69) is 20.2 Å². The Balaban J connectivity index is 0.00000408. The number of nitrogens with one attached hydrogen (secondary N) is 1. The Bertz CT molecular complexity index is 1000. The van der Waals surface area contributed by atoms with Crippen molar-refractivity contribution in [3.8, 4) is 5.75 Å². The molecule has 0 bridgehead atoms. The van der Waals surface area contributed by atoms with Crippen LogP contribution >= 0.6 is 24.0 Å². The number of aliphatic carboxylic acids is 1. The second-order valence-corrected chi connectivity index (χ2v) is 8.48. The summed E-state index contributed by atoms with van der Waals surface area (Å²) in [6.45, 7) is 2.49. The van der Waals surface area contributed by atoms with Crippen LogP contribution in [-0.2, 0) is 10.3 Å². The second kappa shape index (κ2) is 12.0. The van der Waals surface area contributed by atoms with E-state index in [1.807, 2.05) is 0 Å². The first-order valence-electron chi connectivity index (χ1n) is 10.7. The number of carboxylic acid groups (broad SMARTS) is 1. The molecule has 0 saturated carbocycles. The molecule has 1 aromatic carbocycles. The monoisotopic (exact) mass is 512 g/mol. The van der Waals surface area contributed by atoms with Crippen LogP contribution in [0.5, 0.6) is 5.75 Å². The summed E-state index contributed by atoms with van der Waals surface area (Å²) in [7, 11) is 1.55. The summed E-state index contributed by atoms with van der Waals surface area (Å²) in [6, 6.07) is 6.97. The van der Waals surface area contributed by atoms with Crippen LogP contribution in [-0.4, -0.2) is 58.6 Å². The standard InChI is InChI=1S/C22H29ClN6O4.ClH/c1-33-15-7-5-14(6-8-15)22(13-16(30)31,9-12-29-10-3-2-4-11-29)28-21(32)17-19(24)27-20(25)18(23)26-17;/h5-8H,2-4,9-13H2,1H3,(H,28,32)(H,30,31)(H4,24,25,27);1H. The third kappa shape index (κ3) is 6.62. The zero-order valence-corrected chi connectivity index (χ0v) is 20.5. The smallest absolute Gasteiger partial charge is 0.306 e. The van der Waals surface area contributed by atoms with Gasteiger partial charge in [0, 0.05) is 6.54 Å². The summed E-state index contributed by atoms with van der Waals surface area (Å²) >= 11 is 5.95. The van der Waals surface area contributed by atoms with Gasteiger partial charge in [0.25, 0.3) is 5.91 Å². The zero-order valence-electron chi connectivity index (χ0n) is 18.9. The van der Waals surface area contributed by atoms with Crippen LogP contribution in [0.4, 0.5) is 11.6 Å². The lowest BCUT2D eigenvalue weighted by Crippen LogP contribution is -2.50. The minimum absolute atomic E-state index is 0. The van der Waals surface area contributed by atoms with E-state index in [1.165, 1.54) is 6.42 Å². The van der Waals surface area contributed by atoms with E-state index in [1.54, 1.807) is 31.4 Å². The molecule has 0 radical (unpaired) electrons. The average Bonchev–Trinajstić information content (AvgIpc) is 2.80. The Morgan fingerprint density at radius 2 is 1.79 bits per heavy atom. The van der Waals surface area contributed by atoms with Crippen LogP contribution in [0.15, 0.2) is 24.3 Å². The van der Waals surface area contributed by atoms with Crippen LogP contribution in [0.25, 0.3) is 0 Å². The number of nitrogen functional groups attached to an aromatic ring is 2. The molecule has 6 N–H and O–H groups in total. The van der Waals surface area contributed by atoms with Gasteiger partial charge in [-0.15, -0.1) is 12.4 Å². The number of amides is 1. The van der Waals surface area contributed by atoms with Gasteiger partial charge in [-0.3, -0.25) is 9.59 Å². The number of rotatable bonds is 9. The minimum atomic E-state index is -1.23. The third-order valence-electron chi connectivity index (χ3n) is 5.87. The van der Waals surface area contributed by atoms with Crippen molar-refractivity contribution >= 4 is 47.5 Å². The first-order chi connectivity index (χ1) is 15.7. The van der Waals surface area contributed by atoms with E-state index >= 15 is 0 Å². The number of hydrogen-bond donors (Lipinski definition) is 4. The highest BCUT2D eigenvalue weighted by atomic mass is 35.5. The number of carbonyl (C=O) groups is 2. The fourth-order valence-corrected chi connectivity index (χ4v) is 4.23. The molecule has 1 aromatic heterocycles. The summed E-state index contributed by atoms with van der Waals surface area (Å²) < 4.78 is 5.24. The van der Waals surface area contributed by atoms with Crippen molar-refractivity contribution in [2.24, 2.45) is 0 Å². The molecule has 12 heteroatoms. The molecule has 10 nitrogen and oxygen atoms in total. The van der Waals surface area contributed by atoms with Crippen molar-refractivity contribution < 1.29 is 19.4 Å². The number of methoxy groups -OCH3 is 1. The Morgan fingerprint density at radius 3 is 2.38 bits per heavy atom. The Morgan fingerprint density at radius 1 is 1.15 bits per heavy atom. The highest BCUT2D eigenvalue weighted by Crippen LogP contribution is 2.32. The van der Waals surface area contributed by atoms with Crippen LogP contribution in [0.3, 0.4) is 0 Å². The van der Waals surface area contributed by atoms with Gasteiger partial charge in [0.05, 0.1) is 19.1 Å². The topological polar surface area (TPSA) is 157 Å². The lowest BCUT2D eigenvalue weighted by atomic mass is 9.82. The highest BCUT2D eigenvalue weighted by molar-refractivity contribution is 6.31. The van der Waals surface area contributed by atoms with Gasteiger partial charge in [-0.1, -0.05) is 30.2 Å². The first-order valence-corrected chi connectivity index (χ1v) is 11.1. The largest absolute Gasteiger partial charge is 0.497 e. The Kier molecular flexibility index (Phi) is 9.72. The molecule has 3 rings (SSSR count). The Labute approximate surface area is 209 Å². The van der Waals surface area contributed by atoms with Crippen molar-refractivity contribution in [1.82, 2.24) is 20.2 Å². The molecule has 2 heterocycles. The van der Waals surface area contributed by atoms with Gasteiger partial charge < -0.3 is 31.5 Å². The number of nitrogens with zero attached hydrogens (tertiary/aromatic N) is 3. The summed E-state index contributed by atoms with van der Waals surface area (Å²) in [4.78, 5) is 35.3. The molecular weight excluding hydrogens is 483 g/mol. The van der Waals surface area contributed by atoms with Gasteiger partial charge in [-0.2, -0.15) is 0 Å². The van der Waals surface area contributed by atoms with Gasteiger partial charge in [0.15, 0.2) is 22.5 Å². The van der Waals surface area contributed by atoms with E-state index in [-0.39, 0.29) is 41.3 Å². The van der Waals surface area contributed by atoms with Crippen molar-refractivity contribution in [2.75, 3.05) is 38.2 Å². The molecule has 0 spiro atoms. The molecule has 1 atom stereocenters. The fraction of sp³-hybridized carbons (Fsp3) is 0.455. The first kappa shape index (κ1) is 27.4. The average molecular weight is 513 g/mol. The molecule has 1 unspecified atom stereocenters. The lowest BCUT2D eigenvalue weighted by molar-refractivity contribution is -0.138. The number of carboxylic acids is 1. The fourth-order valence-electron chi connectivity index (χ4n) is 4.10. The number of piperidine rings is 1. The number of likely N-dealkylation sites (tertiary alicyclic amines) is 1. The molecule has 1 aliphatic rings. The van der Waals surface area contributed by atoms with Crippen molar-refractivity contribution in [2.45, 2.75) is 37.6 Å². The predicted octanol–water partition coefficient (Wildman–Crippen LogP) is 2.70. The van der Waals surface area contributed by atoms with Crippen LogP contribution in [0.2, 0.25) is 5.15 Å². The molecule has 1 fully saturated rings. The summed E-state index contributed by atoms with van der Waals surface area (Å²) in [5.74, 6) is -1.41. The number of nitrogens with two attached hydrogens (primary N) is 2. The third-order valence-corrected chi connectivity index (χ3v) is 6.15. The Hall–Kier alpha value is -2.82. The maximum absolute atomic E-state index is 13.2. The summed E-state index contributed by atoms with van der Waals surface area (Å²) in [5, 5.41) is 12.5. The molecule has 34 heavy (non-hydrogen) atoms. The molecular formula is C22H30Cl2N6O4. The number of anilines is 2. The number of aromatic nitrogens is 2. The molecule has 2 aromatic rings. The van der Waals surface area contributed by atoms with Gasteiger partial charge in [0.2, 0.25) is 0 Å². The summed E-state index contributed by atoms with van der Waals surface area (Å²) in [5.41, 5.74) is 10.7. The molecule has 1 amide bonds. The minimum Gasteiger partial charge on any atom is -0.497 e. The maximum atomic E-state index is 13.2. The summed E-state index contributed by atoms with van der Waals surface area (Å²) in [6.07, 6.45) is 3.40. The molecule has 1 saturated heterocycles. The van der Waals surface area contributed by atoms with Gasteiger partial charge in [-0.25, -0.2) is 9.97 Å². The van der Waals surface area contributed by atoms with Gasteiger partial charge in [0.1, 0.15) is 5.75 Å². The second-order valence-electron chi connectivity index (χ2n) is 8.12. The van der Waals surface area contributed by atoms with E-state index in [9.17, 15) is 14.7 Å². The lowest BCUT2D eigenvalue weighted by Gasteiger charge is -2.37. The number of halogens is 2. The maximum Gasteiger partial charge on any atom is 0.306 e. The molecule has 186 valence electrons. The number of hydrogen-bond acceptors (Lipinski definition) is 8. The molecule has 1 aliphatic heterocycles. The number of carbonyl (C=O) groups excluding carboxylic acids is 1. The van der Waals surface area contributed by atoms with Crippen molar-refractivity contribution in [3.05, 3.63) is 40.7 Å². The van der Waals surface area contributed by atoms with Crippen molar-refractivity contribution in [1.29, 1.82) is 0 Å². The number of benzene rings is 1. The van der Waals surface area contributed by atoms with Crippen LogP contribution in [0.1, 0.15) is 48.2 Å². The zero-order chi connectivity index (χ0) is 24.0. The normalized spacial score (nSPS) is 15.6. The quantitative estimate of drug-likeness (QED) is 0.396. The number of ether oxygens (including phenoxy) is 1.